The van der Waals surface area contributed by atoms with Crippen LogP contribution in [0.2, 0.25) is 0 Å². The van der Waals surface area contributed by atoms with E-state index in [9.17, 15) is 13.2 Å². The Morgan fingerprint density at radius 2 is 2.08 bits per heavy atom. The molecule has 1 amide bonds. The van der Waals surface area contributed by atoms with Crippen LogP contribution >= 0.6 is 0 Å². The number of aryl methyl sites for hydroxylation is 2. The number of nitrogens with zero attached hydrogens (tertiary/aromatic N) is 2. The highest BCUT2D eigenvalue weighted by molar-refractivity contribution is 7.90. The maximum absolute atomic E-state index is 12.8. The summed E-state index contributed by atoms with van der Waals surface area (Å²) >= 11 is 0. The summed E-state index contributed by atoms with van der Waals surface area (Å²) in [6.45, 7) is 2.62. The lowest BCUT2D eigenvalue weighted by molar-refractivity contribution is 0.0980. The Kier molecular flexibility index (Phi) is 5.43. The zero-order valence-electron chi connectivity index (χ0n) is 15.0. The maximum Gasteiger partial charge on any atom is 0.268 e. The molecule has 3 rings (SSSR count). The molecule has 0 atom stereocenters. The molecule has 1 aliphatic rings. The molecule has 0 saturated heterocycles. The van der Waals surface area contributed by atoms with Gasteiger partial charge in [-0.1, -0.05) is 12.1 Å². The van der Waals surface area contributed by atoms with Crippen molar-refractivity contribution in [1.82, 2.24) is 14.5 Å². The molecular weight excluding hydrogens is 354 g/mol. The number of ether oxygens (including phenoxy) is 1. The largest absolute Gasteiger partial charge is 0.383 e. The van der Waals surface area contributed by atoms with E-state index in [1.54, 1.807) is 37.0 Å². The molecule has 1 aliphatic carbocycles. The molecule has 1 heterocycles. The minimum atomic E-state index is -3.93. The smallest absolute Gasteiger partial charge is 0.268 e. The normalized spacial score (nSPS) is 14.1. The van der Waals surface area contributed by atoms with Gasteiger partial charge in [0.15, 0.2) is 0 Å². The highest BCUT2D eigenvalue weighted by Gasteiger charge is 2.26. The number of fused-ring (bicyclic) bond motifs is 1. The summed E-state index contributed by atoms with van der Waals surface area (Å²) in [6, 6.07) is 5.26. The molecule has 0 saturated carbocycles. The number of benzene rings is 1. The number of sulfonamides is 1. The van der Waals surface area contributed by atoms with Crippen molar-refractivity contribution in [3.63, 3.8) is 0 Å². The molecule has 0 aliphatic heterocycles. The predicted molar refractivity (Wildman–Crippen MR) is 96.6 cm³/mol. The van der Waals surface area contributed by atoms with Crippen LogP contribution in [0.3, 0.4) is 0 Å². The lowest BCUT2D eigenvalue weighted by atomic mass is 9.92. The molecule has 26 heavy (non-hydrogen) atoms. The molecule has 0 bridgehead atoms. The number of carbonyl (C=O) groups excluding carboxylic acids is 1. The number of rotatable bonds is 6. The summed E-state index contributed by atoms with van der Waals surface area (Å²) in [7, 11) is -2.35. The lowest BCUT2D eigenvalue weighted by Gasteiger charge is -2.19. The first-order valence-corrected chi connectivity index (χ1v) is 10.1. The fourth-order valence-electron chi connectivity index (χ4n) is 3.27. The van der Waals surface area contributed by atoms with Crippen molar-refractivity contribution in [2.24, 2.45) is 0 Å². The average molecular weight is 377 g/mol. The van der Waals surface area contributed by atoms with Crippen LogP contribution in [0.1, 0.15) is 40.0 Å². The summed E-state index contributed by atoms with van der Waals surface area (Å²) in [6.07, 6.45) is 5.15. The Hall–Kier alpha value is -2.19. The zero-order chi connectivity index (χ0) is 18.7. The van der Waals surface area contributed by atoms with Gasteiger partial charge in [-0.2, -0.15) is 5.10 Å². The van der Waals surface area contributed by atoms with Crippen LogP contribution in [0.4, 0.5) is 0 Å². The molecule has 0 fully saturated rings. The van der Waals surface area contributed by atoms with Crippen molar-refractivity contribution in [2.45, 2.75) is 44.0 Å². The van der Waals surface area contributed by atoms with Gasteiger partial charge in [0.25, 0.3) is 15.9 Å². The van der Waals surface area contributed by atoms with Crippen molar-refractivity contribution in [1.29, 1.82) is 0 Å². The number of aromatic nitrogens is 2. The van der Waals surface area contributed by atoms with Crippen molar-refractivity contribution in [3.8, 4) is 0 Å². The highest BCUT2D eigenvalue weighted by Crippen LogP contribution is 2.27. The van der Waals surface area contributed by atoms with Crippen LogP contribution in [0.25, 0.3) is 0 Å². The molecular formula is C18H23N3O4S. The fourth-order valence-corrected chi connectivity index (χ4v) is 4.55. The topological polar surface area (TPSA) is 90.3 Å². The standard InChI is InChI=1S/C18H23N3O4S/c1-13-16(12-21(19-13)10-11-25-2)18(22)20-26(23,24)17-9-5-7-14-6-3-4-8-15(14)17/h5,7,9,12H,3-4,6,8,10-11H2,1-2H3,(H,20,22). The Morgan fingerprint density at radius 1 is 1.31 bits per heavy atom. The van der Waals surface area contributed by atoms with Crippen LogP contribution in [-0.2, 0) is 34.1 Å². The summed E-state index contributed by atoms with van der Waals surface area (Å²) < 4.78 is 34.4. The number of methoxy groups -OCH3 is 1. The first-order valence-electron chi connectivity index (χ1n) is 8.63. The second kappa shape index (κ2) is 7.59. The van der Waals surface area contributed by atoms with Crippen molar-refractivity contribution >= 4 is 15.9 Å². The molecule has 0 radical (unpaired) electrons. The number of nitrogens with one attached hydrogen (secondary N) is 1. The lowest BCUT2D eigenvalue weighted by Crippen LogP contribution is -2.32. The second-order valence-electron chi connectivity index (χ2n) is 6.42. The van der Waals surface area contributed by atoms with Gasteiger partial charge in [-0.25, -0.2) is 13.1 Å². The quantitative estimate of drug-likeness (QED) is 0.829. The minimum Gasteiger partial charge on any atom is -0.383 e. The van der Waals surface area contributed by atoms with Gasteiger partial charge < -0.3 is 4.74 Å². The molecule has 2 aromatic rings. The molecule has 1 N–H and O–H groups in total. The van der Waals surface area contributed by atoms with E-state index in [4.69, 9.17) is 4.74 Å². The van der Waals surface area contributed by atoms with E-state index in [1.807, 2.05) is 6.07 Å². The molecule has 7 nitrogen and oxygen atoms in total. The van der Waals surface area contributed by atoms with Crippen molar-refractivity contribution in [2.75, 3.05) is 13.7 Å². The van der Waals surface area contributed by atoms with E-state index in [0.29, 0.717) is 25.3 Å². The number of hydrogen-bond acceptors (Lipinski definition) is 5. The van der Waals surface area contributed by atoms with E-state index in [0.717, 1.165) is 30.4 Å². The van der Waals surface area contributed by atoms with Gasteiger partial charge in [0.1, 0.15) is 0 Å². The Bertz CT molecular complexity index is 919. The minimum absolute atomic E-state index is 0.201. The van der Waals surface area contributed by atoms with Gasteiger partial charge in [0, 0.05) is 13.3 Å². The van der Waals surface area contributed by atoms with Gasteiger partial charge in [-0.15, -0.1) is 0 Å². The van der Waals surface area contributed by atoms with Gasteiger partial charge in [-0.05, 0) is 49.8 Å². The van der Waals surface area contributed by atoms with Crippen LogP contribution in [0.5, 0.6) is 0 Å². The van der Waals surface area contributed by atoms with E-state index in [2.05, 4.69) is 9.82 Å². The summed E-state index contributed by atoms with van der Waals surface area (Å²) in [5, 5.41) is 4.22. The van der Waals surface area contributed by atoms with E-state index in [-0.39, 0.29) is 10.5 Å². The second-order valence-corrected chi connectivity index (χ2v) is 8.07. The average Bonchev–Trinajstić information content (AvgIpc) is 3.00. The monoisotopic (exact) mass is 377 g/mol. The van der Waals surface area contributed by atoms with Crippen LogP contribution in [-0.4, -0.2) is 37.8 Å². The first-order chi connectivity index (χ1) is 12.4. The van der Waals surface area contributed by atoms with Crippen LogP contribution in [0, 0.1) is 6.92 Å². The van der Waals surface area contributed by atoms with Gasteiger partial charge in [-0.3, -0.25) is 9.48 Å². The van der Waals surface area contributed by atoms with E-state index in [1.165, 1.54) is 0 Å². The van der Waals surface area contributed by atoms with Gasteiger partial charge in [0.05, 0.1) is 29.3 Å². The Morgan fingerprint density at radius 3 is 2.85 bits per heavy atom. The SMILES string of the molecule is COCCn1cc(C(=O)NS(=O)(=O)c2cccc3c2CCCC3)c(C)n1. The van der Waals surface area contributed by atoms with Crippen LogP contribution < -0.4 is 4.72 Å². The maximum atomic E-state index is 12.8. The summed E-state index contributed by atoms with van der Waals surface area (Å²) in [4.78, 5) is 12.7. The number of amides is 1. The molecule has 1 aromatic heterocycles. The predicted octanol–water partition coefficient (Wildman–Crippen LogP) is 1.84. The molecule has 8 heteroatoms. The Balaban J connectivity index is 1.84. The number of carbonyl (C=O) groups is 1. The van der Waals surface area contributed by atoms with Gasteiger partial charge >= 0.3 is 0 Å². The highest BCUT2D eigenvalue weighted by atomic mass is 32.2. The van der Waals surface area contributed by atoms with Gasteiger partial charge in [0.2, 0.25) is 0 Å². The Labute approximate surface area is 153 Å². The molecule has 0 spiro atoms. The summed E-state index contributed by atoms with van der Waals surface area (Å²) in [5.41, 5.74) is 2.60. The third-order valence-corrected chi connectivity index (χ3v) is 6.00. The third kappa shape index (κ3) is 3.81. The van der Waals surface area contributed by atoms with Crippen molar-refractivity contribution < 1.29 is 17.9 Å². The number of hydrogen-bond donors (Lipinski definition) is 1. The zero-order valence-corrected chi connectivity index (χ0v) is 15.8. The molecule has 0 unspecified atom stereocenters. The first kappa shape index (κ1) is 18.6. The van der Waals surface area contributed by atoms with E-state index >= 15 is 0 Å². The van der Waals surface area contributed by atoms with Crippen molar-refractivity contribution in [3.05, 3.63) is 46.8 Å². The third-order valence-electron chi connectivity index (χ3n) is 4.59. The van der Waals surface area contributed by atoms with Crippen LogP contribution in [0.15, 0.2) is 29.3 Å². The summed E-state index contributed by atoms with van der Waals surface area (Å²) in [5.74, 6) is -0.667. The molecule has 1 aromatic carbocycles. The van der Waals surface area contributed by atoms with E-state index < -0.39 is 15.9 Å². The fraction of sp³-hybridized carbons (Fsp3) is 0.444. The molecule has 140 valence electrons.